The number of methoxy groups -OCH3 is 1. The van der Waals surface area contributed by atoms with E-state index in [1.807, 2.05) is 0 Å². The molecule has 0 aliphatic carbocycles. The van der Waals surface area contributed by atoms with Gasteiger partial charge in [-0.15, -0.1) is 11.3 Å². The van der Waals surface area contributed by atoms with Crippen LogP contribution in [0.15, 0.2) is 15.9 Å². The Labute approximate surface area is 109 Å². The Hall–Kier alpha value is 0.0600. The van der Waals surface area contributed by atoms with E-state index in [2.05, 4.69) is 40.4 Å². The van der Waals surface area contributed by atoms with E-state index in [1.165, 1.54) is 8.66 Å². The molecule has 92 valence electrons. The molecule has 1 aromatic heterocycles. The van der Waals surface area contributed by atoms with Gasteiger partial charge in [-0.25, -0.2) is 0 Å². The molecule has 0 aliphatic rings. The summed E-state index contributed by atoms with van der Waals surface area (Å²) in [6.45, 7) is 2.96. The van der Waals surface area contributed by atoms with E-state index in [1.54, 1.807) is 18.4 Å². The van der Waals surface area contributed by atoms with E-state index in [-0.39, 0.29) is 0 Å². The summed E-state index contributed by atoms with van der Waals surface area (Å²) in [5.41, 5.74) is 2.88. The van der Waals surface area contributed by atoms with Gasteiger partial charge in [-0.05, 0) is 46.8 Å². The van der Waals surface area contributed by atoms with Crippen molar-refractivity contribution < 1.29 is 4.74 Å². The van der Waals surface area contributed by atoms with Crippen LogP contribution in [-0.2, 0) is 11.2 Å². The molecule has 3 N–H and O–H groups in total. The topological polar surface area (TPSA) is 47.3 Å². The lowest BCUT2D eigenvalue weighted by atomic mass is 10.00. The maximum absolute atomic E-state index is 5.57. The van der Waals surface area contributed by atoms with E-state index in [0.29, 0.717) is 12.0 Å². The first kappa shape index (κ1) is 14.1. The standard InChI is InChI=1S/C11H19BrN2OS/c1-8(7-15-2)5-9(14-13)6-10-3-4-11(12)16-10/h3-4,8-9,14H,5-7,13H2,1-2H3. The first-order chi connectivity index (χ1) is 7.65. The molecule has 0 radical (unpaired) electrons. The van der Waals surface area contributed by atoms with E-state index in [4.69, 9.17) is 10.6 Å². The molecule has 3 nitrogen and oxygen atoms in total. The van der Waals surface area contributed by atoms with Crippen LogP contribution in [-0.4, -0.2) is 19.8 Å². The Kier molecular flexibility index (Phi) is 6.53. The molecule has 1 heterocycles. The van der Waals surface area contributed by atoms with Crippen molar-refractivity contribution in [2.75, 3.05) is 13.7 Å². The van der Waals surface area contributed by atoms with Gasteiger partial charge in [0, 0.05) is 24.6 Å². The van der Waals surface area contributed by atoms with Crippen molar-refractivity contribution in [3.8, 4) is 0 Å². The third-order valence-corrected chi connectivity index (χ3v) is 4.10. The molecule has 1 rings (SSSR count). The lowest BCUT2D eigenvalue weighted by molar-refractivity contribution is 0.149. The molecule has 5 heteroatoms. The Morgan fingerprint density at radius 1 is 1.56 bits per heavy atom. The van der Waals surface area contributed by atoms with Crippen LogP contribution < -0.4 is 11.3 Å². The second kappa shape index (κ2) is 7.40. The quantitative estimate of drug-likeness (QED) is 0.601. The van der Waals surface area contributed by atoms with Crippen LogP contribution in [0.3, 0.4) is 0 Å². The summed E-state index contributed by atoms with van der Waals surface area (Å²) < 4.78 is 6.30. The summed E-state index contributed by atoms with van der Waals surface area (Å²) >= 11 is 5.23. The molecular weight excluding hydrogens is 288 g/mol. The van der Waals surface area contributed by atoms with Crippen molar-refractivity contribution in [1.82, 2.24) is 5.43 Å². The van der Waals surface area contributed by atoms with Crippen molar-refractivity contribution in [1.29, 1.82) is 0 Å². The van der Waals surface area contributed by atoms with Crippen LogP contribution in [0.2, 0.25) is 0 Å². The highest BCUT2D eigenvalue weighted by atomic mass is 79.9. The third-order valence-electron chi connectivity index (χ3n) is 2.45. The molecule has 0 fully saturated rings. The van der Waals surface area contributed by atoms with Crippen molar-refractivity contribution in [3.05, 3.63) is 20.8 Å². The maximum Gasteiger partial charge on any atom is 0.0701 e. The summed E-state index contributed by atoms with van der Waals surface area (Å²) in [7, 11) is 1.73. The second-order valence-corrected chi connectivity index (χ2v) is 6.62. The fraction of sp³-hybridized carbons (Fsp3) is 0.636. The number of ether oxygens (including phenoxy) is 1. The van der Waals surface area contributed by atoms with Gasteiger partial charge in [0.05, 0.1) is 3.79 Å². The molecule has 1 aromatic rings. The summed E-state index contributed by atoms with van der Waals surface area (Å²) in [6, 6.07) is 4.53. The normalized spacial score (nSPS) is 15.0. The number of thiophene rings is 1. The maximum atomic E-state index is 5.57. The van der Waals surface area contributed by atoms with Gasteiger partial charge < -0.3 is 4.74 Å². The third kappa shape index (κ3) is 4.93. The minimum atomic E-state index is 0.315. The predicted molar refractivity (Wildman–Crippen MR) is 72.5 cm³/mol. The number of rotatable bonds is 7. The van der Waals surface area contributed by atoms with Crippen molar-refractivity contribution >= 4 is 27.3 Å². The zero-order chi connectivity index (χ0) is 12.0. The van der Waals surface area contributed by atoms with Gasteiger partial charge in [-0.1, -0.05) is 6.92 Å². The molecule has 0 amide bonds. The van der Waals surface area contributed by atoms with Gasteiger partial charge in [0.25, 0.3) is 0 Å². The highest BCUT2D eigenvalue weighted by Gasteiger charge is 2.13. The fourth-order valence-corrected chi connectivity index (χ4v) is 3.32. The summed E-state index contributed by atoms with van der Waals surface area (Å²) in [6.07, 6.45) is 2.00. The van der Waals surface area contributed by atoms with Crippen LogP contribution in [0.25, 0.3) is 0 Å². The SMILES string of the molecule is COCC(C)CC(Cc1ccc(Br)s1)NN. The van der Waals surface area contributed by atoms with Crippen molar-refractivity contribution in [2.45, 2.75) is 25.8 Å². The first-order valence-electron chi connectivity index (χ1n) is 5.35. The Balaban J connectivity index is 2.42. The molecule has 2 unspecified atom stereocenters. The smallest absolute Gasteiger partial charge is 0.0701 e. The molecule has 0 aromatic carbocycles. The van der Waals surface area contributed by atoms with E-state index in [0.717, 1.165) is 19.4 Å². The van der Waals surface area contributed by atoms with Gasteiger partial charge in [-0.2, -0.15) is 0 Å². The molecule has 2 atom stereocenters. The van der Waals surface area contributed by atoms with Crippen LogP contribution in [0.4, 0.5) is 0 Å². The minimum Gasteiger partial charge on any atom is -0.384 e. The average Bonchev–Trinajstić information content (AvgIpc) is 2.63. The van der Waals surface area contributed by atoms with Gasteiger partial charge in [0.1, 0.15) is 0 Å². The number of hydrazine groups is 1. The lowest BCUT2D eigenvalue weighted by Crippen LogP contribution is -2.38. The second-order valence-electron chi connectivity index (χ2n) is 4.07. The predicted octanol–water partition coefficient (Wildman–Crippen LogP) is 2.56. The number of halogens is 1. The largest absolute Gasteiger partial charge is 0.384 e. The molecular formula is C11H19BrN2OS. The monoisotopic (exact) mass is 306 g/mol. The van der Waals surface area contributed by atoms with Crippen molar-refractivity contribution in [2.24, 2.45) is 11.8 Å². The van der Waals surface area contributed by atoms with E-state index < -0.39 is 0 Å². The van der Waals surface area contributed by atoms with Gasteiger partial charge >= 0.3 is 0 Å². The zero-order valence-corrected chi connectivity index (χ0v) is 12.1. The van der Waals surface area contributed by atoms with Gasteiger partial charge in [0.2, 0.25) is 0 Å². The zero-order valence-electron chi connectivity index (χ0n) is 9.70. The van der Waals surface area contributed by atoms with E-state index >= 15 is 0 Å². The molecule has 0 aliphatic heterocycles. The molecule has 0 saturated carbocycles. The number of hydrogen-bond donors (Lipinski definition) is 2. The van der Waals surface area contributed by atoms with Crippen LogP contribution in [0, 0.1) is 5.92 Å². The molecule has 0 bridgehead atoms. The van der Waals surface area contributed by atoms with Crippen LogP contribution in [0.1, 0.15) is 18.2 Å². The van der Waals surface area contributed by atoms with Crippen LogP contribution >= 0.6 is 27.3 Å². The Morgan fingerprint density at radius 2 is 2.31 bits per heavy atom. The average molecular weight is 307 g/mol. The highest BCUT2D eigenvalue weighted by Crippen LogP contribution is 2.24. The Bertz CT molecular complexity index is 306. The van der Waals surface area contributed by atoms with Crippen molar-refractivity contribution in [3.63, 3.8) is 0 Å². The molecule has 16 heavy (non-hydrogen) atoms. The summed E-state index contributed by atoms with van der Waals surface area (Å²) in [5, 5.41) is 0. The number of hydrogen-bond acceptors (Lipinski definition) is 4. The minimum absolute atomic E-state index is 0.315. The Morgan fingerprint density at radius 3 is 2.81 bits per heavy atom. The van der Waals surface area contributed by atoms with Gasteiger partial charge in [0.15, 0.2) is 0 Å². The van der Waals surface area contributed by atoms with Gasteiger partial charge in [-0.3, -0.25) is 11.3 Å². The molecule has 0 saturated heterocycles. The fourth-order valence-electron chi connectivity index (χ4n) is 1.75. The lowest BCUT2D eigenvalue weighted by Gasteiger charge is -2.19. The molecule has 0 spiro atoms. The van der Waals surface area contributed by atoms with Crippen LogP contribution in [0.5, 0.6) is 0 Å². The highest BCUT2D eigenvalue weighted by molar-refractivity contribution is 9.11. The number of nitrogens with two attached hydrogens (primary N) is 1. The van der Waals surface area contributed by atoms with E-state index in [9.17, 15) is 0 Å². The number of nitrogens with one attached hydrogen (secondary N) is 1. The summed E-state index contributed by atoms with van der Waals surface area (Å²) in [5.74, 6) is 6.10. The first-order valence-corrected chi connectivity index (χ1v) is 6.96. The summed E-state index contributed by atoms with van der Waals surface area (Å²) in [4.78, 5) is 1.35.